The second-order valence-electron chi connectivity index (χ2n) is 5.84. The van der Waals surface area contributed by atoms with E-state index in [0.717, 1.165) is 18.3 Å². The molecule has 30 heavy (non-hydrogen) atoms. The van der Waals surface area contributed by atoms with Crippen molar-refractivity contribution >= 4 is 41.5 Å². The monoisotopic (exact) mass is 561 g/mol. The number of nitrogens with one attached hydrogen (secondary N) is 2. The molecule has 2 rings (SSSR count). The largest absolute Gasteiger partial charge is 0.475 e. The van der Waals surface area contributed by atoms with Gasteiger partial charge < -0.3 is 19.9 Å². The molecule has 8 nitrogen and oxygen atoms in total. The van der Waals surface area contributed by atoms with Crippen molar-refractivity contribution in [3.8, 4) is 5.88 Å². The molecule has 0 unspecified atom stereocenters. The zero-order valence-corrected chi connectivity index (χ0v) is 19.6. The van der Waals surface area contributed by atoms with Crippen molar-refractivity contribution in [1.82, 2.24) is 30.4 Å². The maximum atomic E-state index is 12.6. The highest BCUT2D eigenvalue weighted by Crippen LogP contribution is 2.32. The second-order valence-corrected chi connectivity index (χ2v) is 6.25. The van der Waals surface area contributed by atoms with Crippen LogP contribution in [0.1, 0.15) is 25.2 Å². The molecule has 2 aromatic heterocycles. The summed E-state index contributed by atoms with van der Waals surface area (Å²) in [5.74, 6) is 1.43. The van der Waals surface area contributed by atoms with Crippen LogP contribution in [-0.2, 0) is 19.1 Å². The Morgan fingerprint density at radius 3 is 2.70 bits per heavy atom. The Hall–Kier alpha value is -1.83. The Kier molecular flexibility index (Phi) is 11.2. The van der Waals surface area contributed by atoms with Gasteiger partial charge in [0.2, 0.25) is 5.88 Å². The van der Waals surface area contributed by atoms with Crippen LogP contribution in [-0.4, -0.2) is 51.9 Å². The summed E-state index contributed by atoms with van der Waals surface area (Å²) in [5, 5.41) is 13.9. The number of pyridine rings is 1. The van der Waals surface area contributed by atoms with Crippen molar-refractivity contribution in [2.24, 2.45) is 4.99 Å². The van der Waals surface area contributed by atoms with Crippen molar-refractivity contribution < 1.29 is 17.9 Å². The highest BCUT2D eigenvalue weighted by Gasteiger charge is 2.31. The predicted octanol–water partition coefficient (Wildman–Crippen LogP) is 3.16. The van der Waals surface area contributed by atoms with Gasteiger partial charge in [0.25, 0.3) is 0 Å². The van der Waals surface area contributed by atoms with E-state index in [-0.39, 0.29) is 41.5 Å². The van der Waals surface area contributed by atoms with E-state index in [9.17, 15) is 13.2 Å². The fourth-order valence-corrected chi connectivity index (χ4v) is 2.58. The third-order valence-electron chi connectivity index (χ3n) is 3.74. The number of nitrogens with zero attached hydrogens (tertiary/aromatic N) is 5. The Morgan fingerprint density at radius 2 is 2.07 bits per heavy atom. The van der Waals surface area contributed by atoms with Crippen molar-refractivity contribution in [3.05, 3.63) is 35.0 Å². The van der Waals surface area contributed by atoms with Gasteiger partial charge in [-0.05, 0) is 13.0 Å². The highest BCUT2D eigenvalue weighted by molar-refractivity contribution is 14.0. The number of halogens is 5. The van der Waals surface area contributed by atoms with Crippen LogP contribution in [0.3, 0.4) is 0 Å². The number of hydrogen-bond acceptors (Lipinski definition) is 5. The Bertz CT molecular complexity index is 817. The van der Waals surface area contributed by atoms with Crippen LogP contribution in [0.15, 0.2) is 23.6 Å². The highest BCUT2D eigenvalue weighted by atomic mass is 127. The van der Waals surface area contributed by atoms with Crippen molar-refractivity contribution in [1.29, 1.82) is 0 Å². The van der Waals surface area contributed by atoms with E-state index in [2.05, 4.69) is 30.8 Å². The third kappa shape index (κ3) is 8.13. The zero-order chi connectivity index (χ0) is 21.3. The zero-order valence-electron chi connectivity index (χ0n) is 16.5. The van der Waals surface area contributed by atoms with Crippen LogP contribution < -0.4 is 15.4 Å². The average Bonchev–Trinajstić information content (AvgIpc) is 3.12. The minimum Gasteiger partial charge on any atom is -0.475 e. The van der Waals surface area contributed by atoms with Crippen LogP contribution in [0.4, 0.5) is 13.2 Å². The molecular weight excluding hydrogens is 538 g/mol. The van der Waals surface area contributed by atoms with Crippen LogP contribution >= 0.6 is 35.6 Å². The summed E-state index contributed by atoms with van der Waals surface area (Å²) in [7, 11) is 0. The van der Waals surface area contributed by atoms with Crippen molar-refractivity contribution in [2.45, 2.75) is 33.0 Å². The van der Waals surface area contributed by atoms with Gasteiger partial charge in [-0.25, -0.2) is 4.98 Å². The molecule has 2 aromatic rings. The van der Waals surface area contributed by atoms with Crippen LogP contribution in [0, 0.1) is 0 Å². The minimum absolute atomic E-state index is 0. The number of aromatic nitrogens is 4. The van der Waals surface area contributed by atoms with Gasteiger partial charge in [-0.15, -0.1) is 34.2 Å². The Labute approximate surface area is 194 Å². The van der Waals surface area contributed by atoms with Gasteiger partial charge in [-0.2, -0.15) is 13.2 Å². The maximum absolute atomic E-state index is 12.6. The van der Waals surface area contributed by atoms with Gasteiger partial charge in [-0.1, -0.05) is 18.5 Å². The number of rotatable bonds is 9. The maximum Gasteiger partial charge on any atom is 0.417 e. The van der Waals surface area contributed by atoms with Gasteiger partial charge in [0.15, 0.2) is 5.96 Å². The number of hydrogen-bond donors (Lipinski definition) is 2. The van der Waals surface area contributed by atoms with Gasteiger partial charge in [-0.3, -0.25) is 4.99 Å². The van der Waals surface area contributed by atoms with E-state index < -0.39 is 11.7 Å². The summed E-state index contributed by atoms with van der Waals surface area (Å²) in [6.45, 7) is 6.29. The number of alkyl halides is 3. The predicted molar refractivity (Wildman–Crippen MR) is 119 cm³/mol. The second kappa shape index (κ2) is 12.8. The third-order valence-corrected chi connectivity index (χ3v) is 4.01. The smallest absolute Gasteiger partial charge is 0.417 e. The topological polar surface area (TPSA) is 89.2 Å². The van der Waals surface area contributed by atoms with E-state index in [1.165, 1.54) is 0 Å². The standard InChI is InChI=1S/C17H23ClF3N7O.HI/c1-3-14-27-26-11-28(14)7-5-23-16(22-4-2)24-6-8-29-15-13(18)9-12(10-25-15)17(19,20)21;/h9-11H,3-8H2,1-2H3,(H2,22,23,24);1H. The fourth-order valence-electron chi connectivity index (χ4n) is 2.35. The number of ether oxygens (including phenoxy) is 1. The molecule has 0 bridgehead atoms. The molecule has 0 radical (unpaired) electrons. The number of guanidine groups is 1. The molecule has 0 fully saturated rings. The molecule has 0 spiro atoms. The lowest BCUT2D eigenvalue weighted by Crippen LogP contribution is -2.39. The van der Waals surface area contributed by atoms with E-state index in [0.29, 0.717) is 38.3 Å². The molecule has 0 amide bonds. The molecule has 13 heteroatoms. The summed E-state index contributed by atoms with van der Waals surface area (Å²) in [5.41, 5.74) is -0.922. The lowest BCUT2D eigenvalue weighted by molar-refractivity contribution is -0.137. The van der Waals surface area contributed by atoms with Crippen molar-refractivity contribution in [2.75, 3.05) is 26.2 Å². The van der Waals surface area contributed by atoms with Crippen LogP contribution in [0.2, 0.25) is 5.02 Å². The lowest BCUT2D eigenvalue weighted by atomic mass is 10.3. The molecule has 0 aliphatic carbocycles. The first-order valence-corrected chi connectivity index (χ1v) is 9.47. The quantitative estimate of drug-likeness (QED) is 0.212. The summed E-state index contributed by atoms with van der Waals surface area (Å²) in [6.07, 6.45) is -1.35. The molecule has 0 saturated carbocycles. The normalized spacial score (nSPS) is 11.7. The summed E-state index contributed by atoms with van der Waals surface area (Å²) in [6, 6.07) is 0.790. The van der Waals surface area contributed by atoms with Gasteiger partial charge in [0.05, 0.1) is 18.7 Å². The molecule has 0 aliphatic heterocycles. The van der Waals surface area contributed by atoms with Gasteiger partial charge in [0, 0.05) is 25.7 Å². The SMILES string of the molecule is CCNC(=NCCn1cnnc1CC)NCCOc1ncc(C(F)(F)F)cc1Cl.I. The van der Waals surface area contributed by atoms with E-state index in [1.54, 1.807) is 6.33 Å². The molecule has 168 valence electrons. The number of aryl methyl sites for hydroxylation is 1. The van der Waals surface area contributed by atoms with E-state index >= 15 is 0 Å². The first-order chi connectivity index (χ1) is 13.8. The molecule has 0 aliphatic rings. The van der Waals surface area contributed by atoms with Gasteiger partial charge >= 0.3 is 6.18 Å². The molecule has 0 saturated heterocycles. The lowest BCUT2D eigenvalue weighted by Gasteiger charge is -2.13. The fraction of sp³-hybridized carbons (Fsp3) is 0.529. The summed E-state index contributed by atoms with van der Waals surface area (Å²) in [4.78, 5) is 8.09. The first-order valence-electron chi connectivity index (χ1n) is 9.09. The van der Waals surface area contributed by atoms with E-state index in [1.807, 2.05) is 18.4 Å². The summed E-state index contributed by atoms with van der Waals surface area (Å²) >= 11 is 5.81. The molecule has 0 aromatic carbocycles. The average molecular weight is 562 g/mol. The number of aliphatic imine (C=N–C) groups is 1. The summed E-state index contributed by atoms with van der Waals surface area (Å²) < 4.78 is 45.2. The van der Waals surface area contributed by atoms with Crippen LogP contribution in [0.25, 0.3) is 0 Å². The molecular formula is C17H24ClF3IN7O. The van der Waals surface area contributed by atoms with E-state index in [4.69, 9.17) is 16.3 Å². The molecule has 2 N–H and O–H groups in total. The Balaban J connectivity index is 0.00000450. The Morgan fingerprint density at radius 1 is 1.30 bits per heavy atom. The minimum atomic E-state index is -4.50. The van der Waals surface area contributed by atoms with Crippen molar-refractivity contribution in [3.63, 3.8) is 0 Å². The van der Waals surface area contributed by atoms with Gasteiger partial charge in [0.1, 0.15) is 23.8 Å². The van der Waals surface area contributed by atoms with Crippen LogP contribution in [0.5, 0.6) is 5.88 Å². The molecule has 2 heterocycles. The first kappa shape index (κ1) is 26.2. The molecule has 0 atom stereocenters.